The molecule has 0 spiro atoms. The molecule has 0 aliphatic rings. The number of aromatic nitrogens is 3. The number of pyridine rings is 1. The number of para-hydroxylation sites is 1. The largest absolute Gasteiger partial charge is 0.385 e. The number of rotatable bonds is 3. The predicted octanol–water partition coefficient (Wildman–Crippen LogP) is 2.77. The molecule has 3 aromatic rings. The molecule has 3 rings (SSSR count). The second-order valence-electron chi connectivity index (χ2n) is 5.51. The maximum Gasteiger partial charge on any atom is 0.152 e. The Morgan fingerprint density at radius 1 is 1.25 bits per heavy atom. The lowest BCUT2D eigenvalue weighted by Gasteiger charge is -2.09. The number of nitrogen functional groups attached to an aromatic ring is 1. The van der Waals surface area contributed by atoms with E-state index in [0.29, 0.717) is 29.5 Å². The van der Waals surface area contributed by atoms with E-state index in [9.17, 15) is 5.11 Å². The third kappa shape index (κ3) is 2.10. The molecule has 1 atom stereocenters. The van der Waals surface area contributed by atoms with Crippen molar-refractivity contribution < 1.29 is 5.11 Å². The maximum absolute atomic E-state index is 10.2. The minimum atomic E-state index is -0.611. The first kappa shape index (κ1) is 12.9. The Hall–Kier alpha value is -2.14. The highest BCUT2D eigenvalue weighted by Crippen LogP contribution is 2.28. The number of anilines is 1. The Bertz CT molecular complexity index is 763. The number of aromatic amines is 1. The summed E-state index contributed by atoms with van der Waals surface area (Å²) in [6.07, 6.45) is 0.0472. The van der Waals surface area contributed by atoms with Gasteiger partial charge in [0.05, 0.1) is 11.0 Å². The maximum atomic E-state index is 10.2. The summed E-state index contributed by atoms with van der Waals surface area (Å²) in [5.41, 5.74) is 8.25. The minimum absolute atomic E-state index is 0.387. The molecular formula is C15H18N4O. The van der Waals surface area contributed by atoms with Gasteiger partial charge in [-0.05, 0) is 18.4 Å². The van der Waals surface area contributed by atoms with Crippen molar-refractivity contribution >= 4 is 27.8 Å². The predicted molar refractivity (Wildman–Crippen MR) is 80.2 cm³/mol. The van der Waals surface area contributed by atoms with Crippen molar-refractivity contribution in [2.45, 2.75) is 26.4 Å². The Morgan fingerprint density at radius 2 is 2.00 bits per heavy atom. The van der Waals surface area contributed by atoms with Crippen molar-refractivity contribution in [3.63, 3.8) is 0 Å². The van der Waals surface area contributed by atoms with Gasteiger partial charge in [0, 0.05) is 5.39 Å². The molecule has 104 valence electrons. The topological polar surface area (TPSA) is 87.8 Å². The molecule has 20 heavy (non-hydrogen) atoms. The van der Waals surface area contributed by atoms with E-state index in [2.05, 4.69) is 28.8 Å². The highest BCUT2D eigenvalue weighted by atomic mass is 16.3. The van der Waals surface area contributed by atoms with Crippen LogP contribution in [0, 0.1) is 5.92 Å². The van der Waals surface area contributed by atoms with Gasteiger partial charge in [-0.2, -0.15) is 0 Å². The molecule has 4 N–H and O–H groups in total. The van der Waals surface area contributed by atoms with Gasteiger partial charge in [-0.15, -0.1) is 0 Å². The van der Waals surface area contributed by atoms with Gasteiger partial charge < -0.3 is 15.8 Å². The summed E-state index contributed by atoms with van der Waals surface area (Å²) >= 11 is 0. The van der Waals surface area contributed by atoms with Crippen molar-refractivity contribution in [3.05, 3.63) is 30.1 Å². The molecule has 5 nitrogen and oxygen atoms in total. The zero-order valence-electron chi connectivity index (χ0n) is 11.6. The number of hydrogen-bond donors (Lipinski definition) is 3. The van der Waals surface area contributed by atoms with Gasteiger partial charge in [0.1, 0.15) is 17.4 Å². The van der Waals surface area contributed by atoms with E-state index >= 15 is 0 Å². The Morgan fingerprint density at radius 3 is 2.75 bits per heavy atom. The van der Waals surface area contributed by atoms with Crippen LogP contribution in [0.1, 0.15) is 32.2 Å². The number of aliphatic hydroxyl groups excluding tert-OH is 1. The number of benzene rings is 1. The van der Waals surface area contributed by atoms with Gasteiger partial charge in [-0.3, -0.25) is 0 Å². The molecule has 0 saturated carbocycles. The summed E-state index contributed by atoms with van der Waals surface area (Å²) in [5, 5.41) is 11.2. The quantitative estimate of drug-likeness (QED) is 0.683. The van der Waals surface area contributed by atoms with Crippen molar-refractivity contribution in [1.82, 2.24) is 15.0 Å². The fraction of sp³-hybridized carbons (Fsp3) is 0.333. The van der Waals surface area contributed by atoms with Crippen LogP contribution < -0.4 is 5.73 Å². The molecule has 0 saturated heterocycles. The van der Waals surface area contributed by atoms with Gasteiger partial charge in [-0.25, -0.2) is 9.97 Å². The lowest BCUT2D eigenvalue weighted by Crippen LogP contribution is -2.03. The van der Waals surface area contributed by atoms with E-state index in [-0.39, 0.29) is 0 Å². The van der Waals surface area contributed by atoms with E-state index in [1.54, 1.807) is 0 Å². The van der Waals surface area contributed by atoms with Crippen LogP contribution >= 0.6 is 0 Å². The molecule has 1 aromatic carbocycles. The molecule has 0 amide bonds. The van der Waals surface area contributed by atoms with E-state index < -0.39 is 6.10 Å². The average Bonchev–Trinajstić information content (AvgIpc) is 2.84. The number of fused-ring (bicyclic) bond motifs is 3. The van der Waals surface area contributed by atoms with Crippen molar-refractivity contribution in [1.29, 1.82) is 0 Å². The monoisotopic (exact) mass is 270 g/mol. The van der Waals surface area contributed by atoms with Crippen LogP contribution in [0.4, 0.5) is 5.82 Å². The summed E-state index contributed by atoms with van der Waals surface area (Å²) in [6, 6.07) is 7.76. The van der Waals surface area contributed by atoms with Crippen LogP contribution in [0.25, 0.3) is 21.9 Å². The third-order valence-corrected chi connectivity index (χ3v) is 3.39. The van der Waals surface area contributed by atoms with Crippen LogP contribution in [0.3, 0.4) is 0 Å². The Kier molecular flexibility index (Phi) is 3.06. The number of imidazole rings is 1. The molecule has 0 bridgehead atoms. The van der Waals surface area contributed by atoms with Crippen molar-refractivity contribution in [2.75, 3.05) is 5.73 Å². The molecular weight excluding hydrogens is 252 g/mol. The lowest BCUT2D eigenvalue weighted by atomic mass is 10.1. The number of nitrogens with two attached hydrogens (primary N) is 1. The number of nitrogens with one attached hydrogen (secondary N) is 1. The van der Waals surface area contributed by atoms with Gasteiger partial charge in [0.25, 0.3) is 0 Å². The average molecular weight is 270 g/mol. The normalized spacial score (nSPS) is 13.4. The Labute approximate surface area is 116 Å². The van der Waals surface area contributed by atoms with E-state index in [1.807, 2.05) is 24.3 Å². The third-order valence-electron chi connectivity index (χ3n) is 3.39. The summed E-state index contributed by atoms with van der Waals surface area (Å²) in [5.74, 6) is 1.34. The molecule has 5 heteroatoms. The first-order chi connectivity index (χ1) is 9.56. The first-order valence-corrected chi connectivity index (χ1v) is 6.78. The Balaban J connectivity index is 2.19. The highest BCUT2D eigenvalue weighted by Gasteiger charge is 2.17. The molecule has 0 aliphatic carbocycles. The second-order valence-corrected chi connectivity index (χ2v) is 5.51. The van der Waals surface area contributed by atoms with Crippen LogP contribution in [0.15, 0.2) is 24.3 Å². The number of aliphatic hydroxyl groups is 1. The van der Waals surface area contributed by atoms with Gasteiger partial charge >= 0.3 is 0 Å². The lowest BCUT2D eigenvalue weighted by molar-refractivity contribution is 0.143. The summed E-state index contributed by atoms with van der Waals surface area (Å²) < 4.78 is 0. The van der Waals surface area contributed by atoms with Crippen molar-refractivity contribution in [2.24, 2.45) is 5.92 Å². The zero-order valence-corrected chi connectivity index (χ0v) is 11.6. The molecule has 2 aromatic heterocycles. The number of hydrogen-bond acceptors (Lipinski definition) is 4. The molecule has 0 aliphatic heterocycles. The molecule has 2 heterocycles. The molecule has 0 fully saturated rings. The van der Waals surface area contributed by atoms with Crippen molar-refractivity contribution in [3.8, 4) is 0 Å². The summed E-state index contributed by atoms with van der Waals surface area (Å²) in [4.78, 5) is 12.0. The van der Waals surface area contributed by atoms with Crippen LogP contribution in [0.2, 0.25) is 0 Å². The van der Waals surface area contributed by atoms with E-state index in [0.717, 1.165) is 16.4 Å². The summed E-state index contributed by atoms with van der Waals surface area (Å²) in [6.45, 7) is 4.13. The van der Waals surface area contributed by atoms with Gasteiger partial charge in [0.2, 0.25) is 0 Å². The highest BCUT2D eigenvalue weighted by molar-refractivity contribution is 6.06. The SMILES string of the molecule is CC(C)CC(O)c1nc2c(N)nc3ccccc3c2[nH]1. The molecule has 0 radical (unpaired) electrons. The van der Waals surface area contributed by atoms with Gasteiger partial charge in [0.15, 0.2) is 5.82 Å². The summed E-state index contributed by atoms with van der Waals surface area (Å²) in [7, 11) is 0. The fourth-order valence-electron chi connectivity index (χ4n) is 2.45. The molecule has 1 unspecified atom stereocenters. The standard InChI is InChI=1S/C15H18N4O/c1-8(2)7-11(20)15-18-12-9-5-3-4-6-10(9)17-14(16)13(12)19-15/h3-6,8,11,20H,7H2,1-2H3,(H2,16,17)(H,18,19). The number of nitrogens with zero attached hydrogens (tertiary/aromatic N) is 2. The van der Waals surface area contributed by atoms with E-state index in [1.165, 1.54) is 0 Å². The van der Waals surface area contributed by atoms with Crippen LogP contribution in [-0.4, -0.2) is 20.1 Å². The fourth-order valence-corrected chi connectivity index (χ4v) is 2.45. The second kappa shape index (κ2) is 4.76. The van der Waals surface area contributed by atoms with Gasteiger partial charge in [-0.1, -0.05) is 32.0 Å². The minimum Gasteiger partial charge on any atom is -0.385 e. The van der Waals surface area contributed by atoms with E-state index in [4.69, 9.17) is 5.73 Å². The number of H-pyrrole nitrogens is 1. The van der Waals surface area contributed by atoms with Crippen LogP contribution in [0.5, 0.6) is 0 Å². The van der Waals surface area contributed by atoms with Crippen LogP contribution in [-0.2, 0) is 0 Å². The smallest absolute Gasteiger partial charge is 0.152 e. The first-order valence-electron chi connectivity index (χ1n) is 6.78. The zero-order chi connectivity index (χ0) is 14.3.